The molecule has 1 aromatic heterocycles. The van der Waals surface area contributed by atoms with E-state index >= 15 is 0 Å². The fourth-order valence-electron chi connectivity index (χ4n) is 4.58. The Morgan fingerprint density at radius 3 is 2.32 bits per heavy atom. The number of halogens is 1. The van der Waals surface area contributed by atoms with E-state index in [4.69, 9.17) is 11.6 Å². The molecule has 5 nitrogen and oxygen atoms in total. The quantitative estimate of drug-likeness (QED) is 0.766. The van der Waals surface area contributed by atoms with Crippen LogP contribution in [0.25, 0.3) is 5.69 Å². The summed E-state index contributed by atoms with van der Waals surface area (Å²) in [6, 6.07) is 8.24. The van der Waals surface area contributed by atoms with Crippen LogP contribution in [0.2, 0.25) is 5.02 Å². The Labute approximate surface area is 172 Å². The van der Waals surface area contributed by atoms with E-state index < -0.39 is 0 Å². The lowest BCUT2D eigenvalue weighted by Gasteiger charge is -2.36. The van der Waals surface area contributed by atoms with Crippen molar-refractivity contribution in [3.05, 3.63) is 46.7 Å². The first kappa shape index (κ1) is 19.5. The van der Waals surface area contributed by atoms with Crippen LogP contribution in [0.4, 0.5) is 0 Å². The highest BCUT2D eigenvalue weighted by Gasteiger charge is 2.31. The molecule has 2 aromatic rings. The number of hydrogen-bond donors (Lipinski definition) is 0. The molecular weight excluding hydrogens is 372 g/mol. The number of nitrogens with zero attached hydrogens (tertiary/aromatic N) is 4. The summed E-state index contributed by atoms with van der Waals surface area (Å²) in [7, 11) is 0. The van der Waals surface area contributed by atoms with Crippen LogP contribution in [0.15, 0.2) is 30.5 Å². The van der Waals surface area contributed by atoms with Crippen LogP contribution in [0.5, 0.6) is 0 Å². The molecule has 0 unspecified atom stereocenters. The average Bonchev–Trinajstić information content (AvgIpc) is 3.38. The number of amides is 1. The first-order valence-corrected chi connectivity index (χ1v) is 10.8. The molecule has 28 heavy (non-hydrogen) atoms. The summed E-state index contributed by atoms with van der Waals surface area (Å²) in [5.41, 5.74) is 2.62. The van der Waals surface area contributed by atoms with Gasteiger partial charge in [0.05, 0.1) is 23.1 Å². The maximum absolute atomic E-state index is 13.3. The van der Waals surface area contributed by atoms with Crippen molar-refractivity contribution in [3.63, 3.8) is 0 Å². The van der Waals surface area contributed by atoms with Gasteiger partial charge in [0.1, 0.15) is 0 Å². The standard InChI is InChI=1S/C22H29ClN4O/c1-16(2)21-20(15-24-27(21)19-7-5-17(23)6-8-19)22(28)26-13-9-18(10-14-26)25-11-3-4-12-25/h5-8,15-16,18H,3-4,9-14H2,1-2H3. The number of benzene rings is 1. The first-order valence-electron chi connectivity index (χ1n) is 10.4. The van der Waals surface area contributed by atoms with Gasteiger partial charge >= 0.3 is 0 Å². The molecule has 1 amide bonds. The highest BCUT2D eigenvalue weighted by Crippen LogP contribution is 2.27. The van der Waals surface area contributed by atoms with Gasteiger partial charge < -0.3 is 9.80 Å². The summed E-state index contributed by atoms with van der Waals surface area (Å²) in [6.07, 6.45) is 6.53. The minimum absolute atomic E-state index is 0.115. The van der Waals surface area contributed by atoms with Gasteiger partial charge in [-0.25, -0.2) is 4.68 Å². The number of carbonyl (C=O) groups excluding carboxylic acids is 1. The third-order valence-electron chi connectivity index (χ3n) is 6.06. The number of likely N-dealkylation sites (tertiary alicyclic amines) is 2. The Kier molecular flexibility index (Phi) is 5.74. The Bertz CT molecular complexity index is 816. The van der Waals surface area contributed by atoms with Gasteiger partial charge in [-0.1, -0.05) is 25.4 Å². The largest absolute Gasteiger partial charge is 0.338 e. The van der Waals surface area contributed by atoms with Crippen molar-refractivity contribution in [1.82, 2.24) is 19.6 Å². The summed E-state index contributed by atoms with van der Waals surface area (Å²) in [5, 5.41) is 5.24. The Hall–Kier alpha value is -1.85. The molecule has 2 fully saturated rings. The normalized spacial score (nSPS) is 18.9. The van der Waals surface area contributed by atoms with Crippen molar-refractivity contribution in [2.45, 2.75) is 51.5 Å². The molecule has 0 aliphatic carbocycles. The fourth-order valence-corrected chi connectivity index (χ4v) is 4.70. The maximum Gasteiger partial charge on any atom is 0.257 e. The zero-order chi connectivity index (χ0) is 19.7. The SMILES string of the molecule is CC(C)c1c(C(=O)N2CCC(N3CCCC3)CC2)cnn1-c1ccc(Cl)cc1. The van der Waals surface area contributed by atoms with Gasteiger partial charge in [-0.15, -0.1) is 0 Å². The van der Waals surface area contributed by atoms with Crippen molar-refractivity contribution >= 4 is 17.5 Å². The molecule has 3 heterocycles. The fraction of sp³-hybridized carbons (Fsp3) is 0.545. The van der Waals surface area contributed by atoms with E-state index in [1.807, 2.05) is 33.8 Å². The Balaban J connectivity index is 1.52. The van der Waals surface area contributed by atoms with Gasteiger partial charge in [0.2, 0.25) is 0 Å². The molecule has 0 atom stereocenters. The molecule has 4 rings (SSSR count). The van der Waals surface area contributed by atoms with Crippen molar-refractivity contribution < 1.29 is 4.79 Å². The van der Waals surface area contributed by atoms with Crippen LogP contribution in [-0.4, -0.2) is 57.7 Å². The van der Waals surface area contributed by atoms with E-state index in [1.165, 1.54) is 25.9 Å². The molecule has 150 valence electrons. The van der Waals surface area contributed by atoms with E-state index in [2.05, 4.69) is 23.8 Å². The van der Waals surface area contributed by atoms with E-state index in [-0.39, 0.29) is 11.8 Å². The van der Waals surface area contributed by atoms with Crippen molar-refractivity contribution in [1.29, 1.82) is 0 Å². The summed E-state index contributed by atoms with van der Waals surface area (Å²) in [4.78, 5) is 17.9. The van der Waals surface area contributed by atoms with Crippen molar-refractivity contribution in [3.8, 4) is 5.69 Å². The average molecular weight is 401 g/mol. The number of piperidine rings is 1. The topological polar surface area (TPSA) is 41.4 Å². The van der Waals surface area contributed by atoms with Gasteiger partial charge in [-0.2, -0.15) is 5.10 Å². The van der Waals surface area contributed by atoms with Crippen molar-refractivity contribution in [2.75, 3.05) is 26.2 Å². The predicted molar refractivity (Wildman–Crippen MR) is 112 cm³/mol. The van der Waals surface area contributed by atoms with Crippen LogP contribution in [0, 0.1) is 0 Å². The molecular formula is C22H29ClN4O. The molecule has 0 saturated carbocycles. The van der Waals surface area contributed by atoms with Gasteiger partial charge in [-0.05, 0) is 69.0 Å². The van der Waals surface area contributed by atoms with Crippen LogP contribution >= 0.6 is 11.6 Å². The monoisotopic (exact) mass is 400 g/mol. The van der Waals surface area contributed by atoms with Gasteiger partial charge in [0, 0.05) is 24.2 Å². The second-order valence-corrected chi connectivity index (χ2v) is 8.69. The highest BCUT2D eigenvalue weighted by molar-refractivity contribution is 6.30. The summed E-state index contributed by atoms with van der Waals surface area (Å²) >= 11 is 6.02. The van der Waals surface area contributed by atoms with Crippen LogP contribution < -0.4 is 0 Å². The molecule has 2 aliphatic heterocycles. The van der Waals surface area contributed by atoms with Crippen molar-refractivity contribution in [2.24, 2.45) is 0 Å². The molecule has 1 aromatic carbocycles. The molecule has 6 heteroatoms. The molecule has 0 N–H and O–H groups in total. The van der Waals surface area contributed by atoms with Gasteiger partial charge in [0.25, 0.3) is 5.91 Å². The Morgan fingerprint density at radius 2 is 1.71 bits per heavy atom. The molecule has 2 saturated heterocycles. The van der Waals surface area contributed by atoms with Crippen LogP contribution in [-0.2, 0) is 0 Å². The number of rotatable bonds is 4. The smallest absolute Gasteiger partial charge is 0.257 e. The lowest BCUT2D eigenvalue weighted by molar-refractivity contribution is 0.0643. The first-order chi connectivity index (χ1) is 13.5. The minimum Gasteiger partial charge on any atom is -0.338 e. The third-order valence-corrected chi connectivity index (χ3v) is 6.32. The molecule has 0 bridgehead atoms. The van der Waals surface area contributed by atoms with E-state index in [0.717, 1.165) is 42.9 Å². The predicted octanol–water partition coefficient (Wildman–Crippen LogP) is 4.35. The highest BCUT2D eigenvalue weighted by atomic mass is 35.5. The van der Waals surface area contributed by atoms with Crippen LogP contribution in [0.1, 0.15) is 61.5 Å². The zero-order valence-electron chi connectivity index (χ0n) is 16.8. The maximum atomic E-state index is 13.3. The summed E-state index contributed by atoms with van der Waals surface area (Å²) in [5.74, 6) is 0.308. The van der Waals surface area contributed by atoms with E-state index in [0.29, 0.717) is 11.1 Å². The van der Waals surface area contributed by atoms with Gasteiger partial charge in [0.15, 0.2) is 0 Å². The lowest BCUT2D eigenvalue weighted by Crippen LogP contribution is -2.46. The molecule has 0 radical (unpaired) electrons. The number of hydrogen-bond acceptors (Lipinski definition) is 3. The summed E-state index contributed by atoms with van der Waals surface area (Å²) < 4.78 is 1.88. The third kappa shape index (κ3) is 3.83. The molecule has 0 spiro atoms. The number of aromatic nitrogens is 2. The minimum atomic E-state index is 0.115. The van der Waals surface area contributed by atoms with E-state index in [9.17, 15) is 4.79 Å². The summed E-state index contributed by atoms with van der Waals surface area (Å²) in [6.45, 7) is 8.35. The van der Waals surface area contributed by atoms with Crippen LogP contribution in [0.3, 0.4) is 0 Å². The molecule has 2 aliphatic rings. The second-order valence-electron chi connectivity index (χ2n) is 8.25. The zero-order valence-corrected chi connectivity index (χ0v) is 17.5. The van der Waals surface area contributed by atoms with Gasteiger partial charge in [-0.3, -0.25) is 4.79 Å². The Morgan fingerprint density at radius 1 is 1.07 bits per heavy atom. The van der Waals surface area contributed by atoms with E-state index in [1.54, 1.807) is 6.20 Å². The lowest BCUT2D eigenvalue weighted by atomic mass is 10.0. The second kappa shape index (κ2) is 8.26. The number of carbonyl (C=O) groups is 1.